The molecule has 3 aromatic carbocycles. The van der Waals surface area contributed by atoms with Crippen molar-refractivity contribution in [3.8, 4) is 22.8 Å². The van der Waals surface area contributed by atoms with Crippen LogP contribution in [0.3, 0.4) is 0 Å². The molecule has 0 radical (unpaired) electrons. The molecule has 5 aromatic rings. The second-order valence-electron chi connectivity index (χ2n) is 7.36. The highest BCUT2D eigenvalue weighted by Crippen LogP contribution is 2.28. The first-order chi connectivity index (χ1) is 15.8. The van der Waals surface area contributed by atoms with Gasteiger partial charge in [-0.3, -0.25) is 4.98 Å². The van der Waals surface area contributed by atoms with E-state index >= 15 is 0 Å². The number of aromatic nitrogens is 3. The van der Waals surface area contributed by atoms with Gasteiger partial charge in [0.15, 0.2) is 0 Å². The van der Waals surface area contributed by atoms with Crippen LogP contribution in [0.15, 0.2) is 97.6 Å². The molecule has 0 bridgehead atoms. The third-order valence-electron chi connectivity index (χ3n) is 5.19. The van der Waals surface area contributed by atoms with Crippen LogP contribution in [0, 0.1) is 0 Å². The summed E-state index contributed by atoms with van der Waals surface area (Å²) in [4.78, 5) is 8.77. The van der Waals surface area contributed by atoms with E-state index in [1.807, 2.05) is 85.3 Å². The van der Waals surface area contributed by atoms with E-state index in [9.17, 15) is 0 Å². The molecule has 6 heteroatoms. The molecule has 0 atom stereocenters. The fraction of sp³-hybridized carbons (Fsp3) is 0.0769. The van der Waals surface area contributed by atoms with Crippen LogP contribution < -0.4 is 10.1 Å². The molecule has 2 aromatic heterocycles. The van der Waals surface area contributed by atoms with Gasteiger partial charge in [-0.15, -0.1) is 0 Å². The van der Waals surface area contributed by atoms with Gasteiger partial charge in [0.1, 0.15) is 11.5 Å². The largest absolute Gasteiger partial charge is 0.457 e. The summed E-state index contributed by atoms with van der Waals surface area (Å²) in [7, 11) is 0. The summed E-state index contributed by atoms with van der Waals surface area (Å²) in [6.07, 6.45) is 5.53. The quantitative estimate of drug-likeness (QED) is 0.307. The number of nitrogens with one attached hydrogen (secondary N) is 1. The van der Waals surface area contributed by atoms with E-state index in [2.05, 4.69) is 25.9 Å². The minimum absolute atomic E-state index is 0.684. The maximum atomic E-state index is 6.10. The molecule has 0 unspecified atom stereocenters. The van der Waals surface area contributed by atoms with Crippen molar-refractivity contribution in [1.82, 2.24) is 14.5 Å². The number of benzene rings is 3. The molecule has 0 saturated heterocycles. The summed E-state index contributed by atoms with van der Waals surface area (Å²) in [5.74, 6) is 1.61. The van der Waals surface area contributed by atoms with Crippen LogP contribution in [0.2, 0.25) is 5.02 Å². The number of hydrogen-bond acceptors (Lipinski definition) is 4. The second kappa shape index (κ2) is 9.12. The molecular weight excluding hydrogens is 420 g/mol. The van der Waals surface area contributed by atoms with Crippen molar-refractivity contribution < 1.29 is 4.74 Å². The number of para-hydroxylation sites is 1. The van der Waals surface area contributed by atoms with Crippen LogP contribution in [0.4, 0.5) is 5.69 Å². The summed E-state index contributed by atoms with van der Waals surface area (Å²) in [6, 6.07) is 25.6. The number of anilines is 1. The van der Waals surface area contributed by atoms with Crippen molar-refractivity contribution in [2.45, 2.75) is 6.54 Å². The molecule has 5 rings (SSSR count). The van der Waals surface area contributed by atoms with E-state index in [0.717, 1.165) is 52.4 Å². The van der Waals surface area contributed by atoms with Gasteiger partial charge in [-0.1, -0.05) is 41.9 Å². The fourth-order valence-electron chi connectivity index (χ4n) is 3.67. The van der Waals surface area contributed by atoms with Crippen molar-refractivity contribution in [3.05, 3.63) is 103 Å². The molecule has 0 aliphatic heterocycles. The number of rotatable bonds is 7. The van der Waals surface area contributed by atoms with Crippen molar-refractivity contribution in [3.63, 3.8) is 0 Å². The molecule has 5 nitrogen and oxygen atoms in total. The van der Waals surface area contributed by atoms with E-state index < -0.39 is 0 Å². The zero-order valence-corrected chi connectivity index (χ0v) is 18.0. The van der Waals surface area contributed by atoms with Crippen molar-refractivity contribution in [2.24, 2.45) is 0 Å². The molecule has 0 fully saturated rings. The Morgan fingerprint density at radius 1 is 0.906 bits per heavy atom. The molecule has 158 valence electrons. The fourth-order valence-corrected chi connectivity index (χ4v) is 3.84. The lowest BCUT2D eigenvalue weighted by Crippen LogP contribution is -2.11. The predicted molar refractivity (Wildman–Crippen MR) is 129 cm³/mol. The molecule has 2 heterocycles. The molecule has 0 aliphatic rings. The van der Waals surface area contributed by atoms with Gasteiger partial charge in [-0.05, 0) is 48.5 Å². The summed E-state index contributed by atoms with van der Waals surface area (Å²) in [6.45, 7) is 1.50. The first-order valence-corrected chi connectivity index (χ1v) is 10.8. The normalized spacial score (nSPS) is 10.9. The van der Waals surface area contributed by atoms with Crippen molar-refractivity contribution in [1.29, 1.82) is 0 Å². The summed E-state index contributed by atoms with van der Waals surface area (Å²) >= 11 is 6.10. The minimum atomic E-state index is 0.684. The maximum Gasteiger partial charge on any atom is 0.128 e. The molecule has 0 spiro atoms. The lowest BCUT2D eigenvalue weighted by Gasteiger charge is -2.13. The van der Waals surface area contributed by atoms with Crippen LogP contribution in [-0.4, -0.2) is 21.1 Å². The SMILES string of the molecule is Clc1ccc2c(NCCn3cncc3-c3cccc(Oc4ccccc4)c3)ccnc2c1. The average molecular weight is 441 g/mol. The van der Waals surface area contributed by atoms with Gasteiger partial charge in [-0.25, -0.2) is 4.98 Å². The van der Waals surface area contributed by atoms with Crippen LogP contribution in [0.25, 0.3) is 22.2 Å². The zero-order valence-electron chi connectivity index (χ0n) is 17.3. The van der Waals surface area contributed by atoms with E-state index in [0.29, 0.717) is 5.02 Å². The number of pyridine rings is 1. The highest BCUT2D eigenvalue weighted by atomic mass is 35.5. The Labute approximate surface area is 191 Å². The van der Waals surface area contributed by atoms with E-state index in [4.69, 9.17) is 16.3 Å². The maximum absolute atomic E-state index is 6.10. The van der Waals surface area contributed by atoms with Gasteiger partial charge in [0.05, 0.1) is 23.7 Å². The van der Waals surface area contributed by atoms with Gasteiger partial charge in [0.2, 0.25) is 0 Å². The number of halogens is 1. The van der Waals surface area contributed by atoms with Gasteiger partial charge >= 0.3 is 0 Å². The van der Waals surface area contributed by atoms with Crippen LogP contribution in [0.1, 0.15) is 0 Å². The first-order valence-electron chi connectivity index (χ1n) is 10.4. The highest BCUT2D eigenvalue weighted by molar-refractivity contribution is 6.31. The smallest absolute Gasteiger partial charge is 0.128 e. The van der Waals surface area contributed by atoms with Crippen LogP contribution in [-0.2, 0) is 6.54 Å². The lowest BCUT2D eigenvalue weighted by atomic mass is 10.1. The number of fused-ring (bicyclic) bond motifs is 1. The number of ether oxygens (including phenoxy) is 1. The molecule has 0 aliphatic carbocycles. The lowest BCUT2D eigenvalue weighted by molar-refractivity contribution is 0.483. The van der Waals surface area contributed by atoms with E-state index in [1.54, 1.807) is 6.20 Å². The van der Waals surface area contributed by atoms with Gasteiger partial charge in [0, 0.05) is 40.9 Å². The predicted octanol–water partition coefficient (Wildman–Crippen LogP) is 6.66. The topological polar surface area (TPSA) is 52.0 Å². The van der Waals surface area contributed by atoms with Gasteiger partial charge in [0.25, 0.3) is 0 Å². The standard InChI is InChI=1S/C26H21ClN4O/c27-20-9-10-23-24(11-12-29-25(23)16-20)30-13-14-31-18-28-17-26(31)19-5-4-8-22(15-19)32-21-6-2-1-3-7-21/h1-12,15-18H,13-14H2,(H,29,30). The number of hydrogen-bond donors (Lipinski definition) is 1. The number of nitrogens with zero attached hydrogens (tertiary/aromatic N) is 3. The zero-order chi connectivity index (χ0) is 21.8. The van der Waals surface area contributed by atoms with Crippen molar-refractivity contribution >= 4 is 28.2 Å². The third-order valence-corrected chi connectivity index (χ3v) is 5.43. The molecule has 0 saturated carbocycles. The Morgan fingerprint density at radius 2 is 1.78 bits per heavy atom. The van der Waals surface area contributed by atoms with Crippen LogP contribution in [0.5, 0.6) is 11.5 Å². The van der Waals surface area contributed by atoms with E-state index in [-0.39, 0.29) is 0 Å². The van der Waals surface area contributed by atoms with Crippen molar-refractivity contribution in [2.75, 3.05) is 11.9 Å². The molecule has 1 N–H and O–H groups in total. The Kier molecular flexibility index (Phi) is 5.73. The summed E-state index contributed by atoms with van der Waals surface area (Å²) in [5.41, 5.74) is 4.00. The second-order valence-corrected chi connectivity index (χ2v) is 7.80. The summed E-state index contributed by atoms with van der Waals surface area (Å²) in [5, 5.41) is 5.25. The molecule has 0 amide bonds. The number of imidazole rings is 1. The summed E-state index contributed by atoms with van der Waals surface area (Å²) < 4.78 is 8.12. The van der Waals surface area contributed by atoms with E-state index in [1.165, 1.54) is 0 Å². The molecular formula is C26H21ClN4O. The highest BCUT2D eigenvalue weighted by Gasteiger charge is 2.08. The van der Waals surface area contributed by atoms with Gasteiger partial charge < -0.3 is 14.6 Å². The Balaban J connectivity index is 1.30. The average Bonchev–Trinajstić information content (AvgIpc) is 3.28. The Morgan fingerprint density at radius 3 is 2.69 bits per heavy atom. The van der Waals surface area contributed by atoms with Crippen LogP contribution >= 0.6 is 11.6 Å². The third kappa shape index (κ3) is 4.43. The Bertz CT molecular complexity index is 1350. The first kappa shape index (κ1) is 20.1. The Hall–Kier alpha value is -3.83. The van der Waals surface area contributed by atoms with Gasteiger partial charge in [-0.2, -0.15) is 0 Å². The monoisotopic (exact) mass is 440 g/mol. The molecule has 32 heavy (non-hydrogen) atoms. The minimum Gasteiger partial charge on any atom is -0.457 e.